The predicted octanol–water partition coefficient (Wildman–Crippen LogP) is 3.27. The second-order valence-corrected chi connectivity index (χ2v) is 5.83. The lowest BCUT2D eigenvalue weighted by atomic mass is 10.00. The Labute approximate surface area is 131 Å². The van der Waals surface area contributed by atoms with Crippen molar-refractivity contribution in [2.24, 2.45) is 5.84 Å². The van der Waals surface area contributed by atoms with E-state index >= 15 is 0 Å². The minimum atomic E-state index is -0.0262. The third kappa shape index (κ3) is 3.15. The molecule has 2 rings (SSSR count). The highest BCUT2D eigenvalue weighted by Gasteiger charge is 2.20. The van der Waals surface area contributed by atoms with Crippen LogP contribution in [0.5, 0.6) is 11.5 Å². The molecule has 0 amide bonds. The van der Waals surface area contributed by atoms with Crippen molar-refractivity contribution in [1.82, 2.24) is 5.43 Å². The Balaban J connectivity index is 2.36. The summed E-state index contributed by atoms with van der Waals surface area (Å²) < 4.78 is 11.6. The number of hydrogen-bond donors (Lipinski definition) is 2. The SMILES string of the molecule is COc1ccc(C(Cc2ccsc2)NN)c(OC)c1Br. The van der Waals surface area contributed by atoms with E-state index in [2.05, 4.69) is 38.2 Å². The van der Waals surface area contributed by atoms with Gasteiger partial charge >= 0.3 is 0 Å². The molecule has 108 valence electrons. The number of hydrogen-bond acceptors (Lipinski definition) is 5. The third-order valence-electron chi connectivity index (χ3n) is 3.11. The summed E-state index contributed by atoms with van der Waals surface area (Å²) in [4.78, 5) is 0. The average Bonchev–Trinajstić information content (AvgIpc) is 2.97. The van der Waals surface area contributed by atoms with Crippen LogP contribution in [0.15, 0.2) is 33.4 Å². The molecule has 0 aliphatic carbocycles. The van der Waals surface area contributed by atoms with Gasteiger partial charge in [0.05, 0.1) is 20.3 Å². The molecule has 1 heterocycles. The maximum absolute atomic E-state index is 5.72. The van der Waals surface area contributed by atoms with Gasteiger partial charge in [-0.3, -0.25) is 11.3 Å². The fraction of sp³-hybridized carbons (Fsp3) is 0.286. The van der Waals surface area contributed by atoms with Crippen molar-refractivity contribution in [2.75, 3.05) is 14.2 Å². The van der Waals surface area contributed by atoms with E-state index < -0.39 is 0 Å². The van der Waals surface area contributed by atoms with Crippen LogP contribution in [0.25, 0.3) is 0 Å². The van der Waals surface area contributed by atoms with Crippen molar-refractivity contribution in [1.29, 1.82) is 0 Å². The zero-order chi connectivity index (χ0) is 14.5. The van der Waals surface area contributed by atoms with E-state index in [1.54, 1.807) is 25.6 Å². The quantitative estimate of drug-likeness (QED) is 0.615. The highest BCUT2D eigenvalue weighted by atomic mass is 79.9. The summed E-state index contributed by atoms with van der Waals surface area (Å²) in [6.45, 7) is 0. The molecule has 0 fully saturated rings. The van der Waals surface area contributed by atoms with Gasteiger partial charge in [0.25, 0.3) is 0 Å². The van der Waals surface area contributed by atoms with Crippen LogP contribution in [0.1, 0.15) is 17.2 Å². The van der Waals surface area contributed by atoms with Crippen LogP contribution in [-0.4, -0.2) is 14.2 Å². The van der Waals surface area contributed by atoms with Crippen LogP contribution in [-0.2, 0) is 6.42 Å². The Hall–Kier alpha value is -1.08. The first-order chi connectivity index (χ1) is 9.71. The molecule has 1 aromatic carbocycles. The Bertz CT molecular complexity index is 561. The molecule has 3 N–H and O–H groups in total. The average molecular weight is 357 g/mol. The summed E-state index contributed by atoms with van der Waals surface area (Å²) in [5.41, 5.74) is 5.10. The van der Waals surface area contributed by atoms with E-state index in [1.807, 2.05) is 12.1 Å². The number of thiophene rings is 1. The first-order valence-electron chi connectivity index (χ1n) is 6.08. The molecule has 0 radical (unpaired) electrons. The maximum Gasteiger partial charge on any atom is 0.141 e. The second-order valence-electron chi connectivity index (χ2n) is 4.26. The van der Waals surface area contributed by atoms with E-state index in [1.165, 1.54) is 5.56 Å². The molecule has 0 spiro atoms. The van der Waals surface area contributed by atoms with Crippen LogP contribution in [0, 0.1) is 0 Å². The monoisotopic (exact) mass is 356 g/mol. The molecule has 1 unspecified atom stereocenters. The molecule has 0 aliphatic rings. The molecule has 1 aromatic heterocycles. The van der Waals surface area contributed by atoms with E-state index in [9.17, 15) is 0 Å². The normalized spacial score (nSPS) is 12.2. The number of hydrazine groups is 1. The highest BCUT2D eigenvalue weighted by molar-refractivity contribution is 9.10. The lowest BCUT2D eigenvalue weighted by molar-refractivity contribution is 0.379. The fourth-order valence-electron chi connectivity index (χ4n) is 2.10. The van der Waals surface area contributed by atoms with Gasteiger partial charge in [-0.15, -0.1) is 0 Å². The highest BCUT2D eigenvalue weighted by Crippen LogP contribution is 2.40. The van der Waals surface area contributed by atoms with Crippen molar-refractivity contribution < 1.29 is 9.47 Å². The van der Waals surface area contributed by atoms with Crippen molar-refractivity contribution in [3.05, 3.63) is 44.6 Å². The van der Waals surface area contributed by atoms with E-state index in [0.29, 0.717) is 0 Å². The number of halogens is 1. The summed E-state index contributed by atoms with van der Waals surface area (Å²) in [6, 6.07) is 5.95. The molecule has 1 atom stereocenters. The van der Waals surface area contributed by atoms with Gasteiger partial charge in [0, 0.05) is 5.56 Å². The summed E-state index contributed by atoms with van der Waals surface area (Å²) in [7, 11) is 3.27. The van der Waals surface area contributed by atoms with E-state index in [-0.39, 0.29) is 6.04 Å². The van der Waals surface area contributed by atoms with Gasteiger partial charge in [0.15, 0.2) is 0 Å². The number of nitrogens with one attached hydrogen (secondary N) is 1. The molecule has 0 bridgehead atoms. The fourth-order valence-corrected chi connectivity index (χ4v) is 3.46. The molecule has 6 heteroatoms. The largest absolute Gasteiger partial charge is 0.495 e. The first kappa shape index (κ1) is 15.3. The van der Waals surface area contributed by atoms with Gasteiger partial charge in [-0.25, -0.2) is 0 Å². The summed E-state index contributed by atoms with van der Waals surface area (Å²) >= 11 is 5.19. The van der Waals surface area contributed by atoms with Gasteiger partial charge in [-0.2, -0.15) is 11.3 Å². The minimum absolute atomic E-state index is 0.0262. The number of methoxy groups -OCH3 is 2. The van der Waals surface area contributed by atoms with Crippen LogP contribution in [0.2, 0.25) is 0 Å². The zero-order valence-electron chi connectivity index (χ0n) is 11.4. The number of rotatable bonds is 6. The molecular weight excluding hydrogens is 340 g/mol. The Morgan fingerprint density at radius 3 is 2.65 bits per heavy atom. The van der Waals surface area contributed by atoms with Crippen molar-refractivity contribution in [2.45, 2.75) is 12.5 Å². The molecule has 0 saturated carbocycles. The van der Waals surface area contributed by atoms with Crippen LogP contribution < -0.4 is 20.7 Å². The summed E-state index contributed by atoms with van der Waals surface area (Å²) in [5.74, 6) is 7.19. The number of ether oxygens (including phenoxy) is 2. The van der Waals surface area contributed by atoms with E-state index in [0.717, 1.165) is 28.0 Å². The third-order valence-corrected chi connectivity index (χ3v) is 4.60. The molecular formula is C14H17BrN2O2S. The Morgan fingerprint density at radius 1 is 1.30 bits per heavy atom. The van der Waals surface area contributed by atoms with Gasteiger partial charge < -0.3 is 9.47 Å². The summed E-state index contributed by atoms with van der Waals surface area (Å²) in [5, 5.41) is 4.18. The molecule has 2 aromatic rings. The summed E-state index contributed by atoms with van der Waals surface area (Å²) in [6.07, 6.45) is 0.801. The number of nitrogens with two attached hydrogens (primary N) is 1. The van der Waals surface area contributed by atoms with Crippen LogP contribution in [0.4, 0.5) is 0 Å². The standard InChI is InChI=1S/C14H17BrN2O2S/c1-18-12-4-3-10(14(19-2)13(12)15)11(17-16)7-9-5-6-20-8-9/h3-6,8,11,17H,7,16H2,1-2H3. The van der Waals surface area contributed by atoms with Crippen molar-refractivity contribution in [3.8, 4) is 11.5 Å². The predicted molar refractivity (Wildman–Crippen MR) is 85.3 cm³/mol. The molecule has 0 aliphatic heterocycles. The lowest BCUT2D eigenvalue weighted by Gasteiger charge is -2.20. The van der Waals surface area contributed by atoms with Crippen molar-refractivity contribution in [3.63, 3.8) is 0 Å². The van der Waals surface area contributed by atoms with Gasteiger partial charge in [-0.1, -0.05) is 0 Å². The number of benzene rings is 1. The van der Waals surface area contributed by atoms with Crippen LogP contribution >= 0.6 is 27.3 Å². The topological polar surface area (TPSA) is 56.5 Å². The van der Waals surface area contributed by atoms with Crippen LogP contribution in [0.3, 0.4) is 0 Å². The smallest absolute Gasteiger partial charge is 0.141 e. The van der Waals surface area contributed by atoms with E-state index in [4.69, 9.17) is 15.3 Å². The lowest BCUT2D eigenvalue weighted by Crippen LogP contribution is -2.29. The Morgan fingerprint density at radius 2 is 2.10 bits per heavy atom. The van der Waals surface area contributed by atoms with Gasteiger partial charge in [0.1, 0.15) is 16.0 Å². The van der Waals surface area contributed by atoms with Crippen molar-refractivity contribution >= 4 is 27.3 Å². The zero-order valence-corrected chi connectivity index (χ0v) is 13.8. The molecule has 4 nitrogen and oxygen atoms in total. The minimum Gasteiger partial charge on any atom is -0.495 e. The Kier molecular flexibility index (Phi) is 5.42. The second kappa shape index (κ2) is 7.08. The maximum atomic E-state index is 5.72. The molecule has 20 heavy (non-hydrogen) atoms. The first-order valence-corrected chi connectivity index (χ1v) is 7.82. The van der Waals surface area contributed by atoms with Gasteiger partial charge in [-0.05, 0) is 56.9 Å². The molecule has 0 saturated heterocycles. The van der Waals surface area contributed by atoms with Gasteiger partial charge in [0.2, 0.25) is 0 Å².